The summed E-state index contributed by atoms with van der Waals surface area (Å²) in [6.45, 7) is 0. The molecule has 72 valence electrons. The Morgan fingerprint density at radius 3 is 3.00 bits per heavy atom. The SMILES string of the molecule is COc1cc2c(=O)[nH]cnc2cc1I. The third-order valence-corrected chi connectivity index (χ3v) is 2.76. The molecule has 0 bridgehead atoms. The molecule has 0 aliphatic rings. The standard InChI is InChI=1S/C9H7IN2O2/c1-14-8-2-5-7(3-6(8)10)11-4-12-9(5)13/h2-4H,1H3,(H,11,12,13). The third-order valence-electron chi connectivity index (χ3n) is 1.91. The van der Waals surface area contributed by atoms with Gasteiger partial charge < -0.3 is 9.72 Å². The van der Waals surface area contributed by atoms with Gasteiger partial charge in [-0.3, -0.25) is 4.79 Å². The van der Waals surface area contributed by atoms with E-state index in [0.717, 1.165) is 3.57 Å². The van der Waals surface area contributed by atoms with Gasteiger partial charge in [-0.05, 0) is 34.7 Å². The second-order valence-corrected chi connectivity index (χ2v) is 3.90. The van der Waals surface area contributed by atoms with Crippen molar-refractivity contribution < 1.29 is 4.74 Å². The number of rotatable bonds is 1. The van der Waals surface area contributed by atoms with Gasteiger partial charge in [-0.25, -0.2) is 4.98 Å². The molecule has 2 rings (SSSR count). The topological polar surface area (TPSA) is 55.0 Å². The number of H-pyrrole nitrogens is 1. The van der Waals surface area contributed by atoms with Crippen LogP contribution in [0.15, 0.2) is 23.3 Å². The molecule has 1 aromatic heterocycles. The second kappa shape index (κ2) is 3.56. The zero-order chi connectivity index (χ0) is 10.1. The van der Waals surface area contributed by atoms with Gasteiger partial charge in [0, 0.05) is 0 Å². The molecular formula is C9H7IN2O2. The van der Waals surface area contributed by atoms with Crippen LogP contribution < -0.4 is 10.3 Å². The van der Waals surface area contributed by atoms with Crippen molar-refractivity contribution in [3.05, 3.63) is 32.4 Å². The number of fused-ring (bicyclic) bond motifs is 1. The monoisotopic (exact) mass is 302 g/mol. The minimum absolute atomic E-state index is 0.148. The van der Waals surface area contributed by atoms with Crippen molar-refractivity contribution in [1.29, 1.82) is 0 Å². The summed E-state index contributed by atoms with van der Waals surface area (Å²) >= 11 is 2.14. The first-order valence-electron chi connectivity index (χ1n) is 3.93. The number of nitrogens with zero attached hydrogens (tertiary/aromatic N) is 1. The summed E-state index contributed by atoms with van der Waals surface area (Å²) in [5.74, 6) is 0.691. The molecule has 0 saturated carbocycles. The fourth-order valence-corrected chi connectivity index (χ4v) is 1.90. The molecule has 0 radical (unpaired) electrons. The summed E-state index contributed by atoms with van der Waals surface area (Å²) in [6, 6.07) is 3.52. The Bertz CT molecular complexity index is 536. The summed E-state index contributed by atoms with van der Waals surface area (Å²) in [5, 5.41) is 0.546. The maximum Gasteiger partial charge on any atom is 0.258 e. The summed E-state index contributed by atoms with van der Waals surface area (Å²) < 4.78 is 6.06. The van der Waals surface area contributed by atoms with Crippen LogP contribution in [0.5, 0.6) is 5.75 Å². The number of benzene rings is 1. The molecule has 0 unspecified atom stereocenters. The van der Waals surface area contributed by atoms with E-state index in [1.807, 2.05) is 6.07 Å². The maximum absolute atomic E-state index is 11.4. The van der Waals surface area contributed by atoms with E-state index in [2.05, 4.69) is 32.6 Å². The van der Waals surface area contributed by atoms with Gasteiger partial charge in [0.05, 0.1) is 27.9 Å². The van der Waals surface area contributed by atoms with Crippen LogP contribution in [0.2, 0.25) is 0 Å². The predicted octanol–water partition coefficient (Wildman–Crippen LogP) is 1.54. The number of halogens is 1. The Labute approximate surface area is 93.5 Å². The normalized spacial score (nSPS) is 10.4. The third kappa shape index (κ3) is 1.47. The summed E-state index contributed by atoms with van der Waals surface area (Å²) in [6.07, 6.45) is 1.40. The lowest BCUT2D eigenvalue weighted by atomic mass is 10.2. The quantitative estimate of drug-likeness (QED) is 0.813. The number of methoxy groups -OCH3 is 1. The van der Waals surface area contributed by atoms with Crippen LogP contribution in [0.4, 0.5) is 0 Å². The highest BCUT2D eigenvalue weighted by molar-refractivity contribution is 14.1. The van der Waals surface area contributed by atoms with Crippen molar-refractivity contribution in [3.63, 3.8) is 0 Å². The van der Waals surface area contributed by atoms with Crippen molar-refractivity contribution in [3.8, 4) is 5.75 Å². The molecule has 0 saturated heterocycles. The summed E-state index contributed by atoms with van der Waals surface area (Å²) in [4.78, 5) is 18.0. The molecule has 1 N–H and O–H groups in total. The van der Waals surface area contributed by atoms with Crippen LogP contribution >= 0.6 is 22.6 Å². The molecule has 5 heteroatoms. The van der Waals surface area contributed by atoms with Crippen LogP contribution in [0, 0.1) is 3.57 Å². The van der Waals surface area contributed by atoms with Crippen LogP contribution in [0.1, 0.15) is 0 Å². The summed E-state index contributed by atoms with van der Waals surface area (Å²) in [5.41, 5.74) is 0.531. The van der Waals surface area contributed by atoms with E-state index in [1.165, 1.54) is 6.33 Å². The number of hydrogen-bond acceptors (Lipinski definition) is 3. The predicted molar refractivity (Wildman–Crippen MR) is 61.6 cm³/mol. The highest BCUT2D eigenvalue weighted by Crippen LogP contribution is 2.23. The Balaban J connectivity index is 2.87. The molecule has 0 aliphatic heterocycles. The number of aromatic amines is 1. The van der Waals surface area contributed by atoms with Gasteiger partial charge in [0.2, 0.25) is 0 Å². The van der Waals surface area contributed by atoms with E-state index < -0.39 is 0 Å². The molecule has 2 aromatic rings. The maximum atomic E-state index is 11.4. The van der Waals surface area contributed by atoms with Crippen molar-refractivity contribution in [2.24, 2.45) is 0 Å². The number of ether oxygens (including phenoxy) is 1. The highest BCUT2D eigenvalue weighted by atomic mass is 127. The fourth-order valence-electron chi connectivity index (χ4n) is 1.23. The molecule has 1 aromatic carbocycles. The molecule has 0 fully saturated rings. The molecule has 0 amide bonds. The molecule has 14 heavy (non-hydrogen) atoms. The van der Waals surface area contributed by atoms with E-state index in [-0.39, 0.29) is 5.56 Å². The molecule has 1 heterocycles. The molecular weight excluding hydrogens is 295 g/mol. The Kier molecular flexibility index (Phi) is 2.40. The van der Waals surface area contributed by atoms with Crippen LogP contribution in [0.3, 0.4) is 0 Å². The van der Waals surface area contributed by atoms with Crippen LogP contribution in [0.25, 0.3) is 10.9 Å². The smallest absolute Gasteiger partial charge is 0.258 e. The Morgan fingerprint density at radius 1 is 1.50 bits per heavy atom. The molecule has 4 nitrogen and oxygen atoms in total. The summed E-state index contributed by atoms with van der Waals surface area (Å²) in [7, 11) is 1.58. The van der Waals surface area contributed by atoms with Gasteiger partial charge in [-0.1, -0.05) is 0 Å². The number of aromatic nitrogens is 2. The minimum Gasteiger partial charge on any atom is -0.496 e. The van der Waals surface area contributed by atoms with Crippen LogP contribution in [-0.4, -0.2) is 17.1 Å². The van der Waals surface area contributed by atoms with Crippen LogP contribution in [-0.2, 0) is 0 Å². The van der Waals surface area contributed by atoms with Crippen molar-refractivity contribution >= 4 is 33.5 Å². The average Bonchev–Trinajstić information content (AvgIpc) is 2.17. The zero-order valence-corrected chi connectivity index (χ0v) is 9.53. The lowest BCUT2D eigenvalue weighted by Gasteiger charge is -2.03. The number of hydrogen-bond donors (Lipinski definition) is 1. The van der Waals surface area contributed by atoms with E-state index in [0.29, 0.717) is 16.7 Å². The first-order chi connectivity index (χ1) is 6.72. The lowest BCUT2D eigenvalue weighted by Crippen LogP contribution is -2.06. The lowest BCUT2D eigenvalue weighted by molar-refractivity contribution is 0.412. The first kappa shape index (κ1) is 9.45. The zero-order valence-electron chi connectivity index (χ0n) is 7.37. The Hall–Kier alpha value is -1.11. The Morgan fingerprint density at radius 2 is 2.29 bits per heavy atom. The van der Waals surface area contributed by atoms with Gasteiger partial charge in [-0.2, -0.15) is 0 Å². The largest absolute Gasteiger partial charge is 0.496 e. The molecule has 0 spiro atoms. The average molecular weight is 302 g/mol. The van der Waals surface area contributed by atoms with Gasteiger partial charge in [-0.15, -0.1) is 0 Å². The first-order valence-corrected chi connectivity index (χ1v) is 5.01. The highest BCUT2D eigenvalue weighted by Gasteiger charge is 2.05. The van der Waals surface area contributed by atoms with E-state index in [4.69, 9.17) is 4.74 Å². The number of nitrogens with one attached hydrogen (secondary N) is 1. The fraction of sp³-hybridized carbons (Fsp3) is 0.111. The van der Waals surface area contributed by atoms with Gasteiger partial charge in [0.25, 0.3) is 5.56 Å². The van der Waals surface area contributed by atoms with Gasteiger partial charge in [0.15, 0.2) is 0 Å². The van der Waals surface area contributed by atoms with E-state index >= 15 is 0 Å². The minimum atomic E-state index is -0.148. The van der Waals surface area contributed by atoms with E-state index in [1.54, 1.807) is 13.2 Å². The van der Waals surface area contributed by atoms with Crippen molar-refractivity contribution in [1.82, 2.24) is 9.97 Å². The molecule has 0 atom stereocenters. The second-order valence-electron chi connectivity index (χ2n) is 2.74. The van der Waals surface area contributed by atoms with Gasteiger partial charge >= 0.3 is 0 Å². The van der Waals surface area contributed by atoms with Gasteiger partial charge in [0.1, 0.15) is 5.75 Å². The van der Waals surface area contributed by atoms with Crippen molar-refractivity contribution in [2.45, 2.75) is 0 Å². The van der Waals surface area contributed by atoms with Crippen molar-refractivity contribution in [2.75, 3.05) is 7.11 Å². The van der Waals surface area contributed by atoms with E-state index in [9.17, 15) is 4.79 Å². The molecule has 0 aliphatic carbocycles.